The van der Waals surface area contributed by atoms with Crippen LogP contribution < -0.4 is 15.4 Å². The van der Waals surface area contributed by atoms with Crippen LogP contribution in [0.4, 0.5) is 10.1 Å². The highest BCUT2D eigenvalue weighted by molar-refractivity contribution is 6.33. The molecule has 0 saturated carbocycles. The molecule has 0 aliphatic carbocycles. The molecule has 2 N–H and O–H groups in total. The van der Waals surface area contributed by atoms with E-state index in [1.54, 1.807) is 25.1 Å². The van der Waals surface area contributed by atoms with E-state index < -0.39 is 17.8 Å². The molecule has 124 valence electrons. The number of amides is 2. The smallest absolute Gasteiger partial charge is 0.265 e. The topological polar surface area (TPSA) is 67.4 Å². The summed E-state index contributed by atoms with van der Waals surface area (Å²) in [6.07, 6.45) is -0.550. The number of anilines is 1. The number of hydrogen-bond acceptors (Lipinski definition) is 3. The Labute approximate surface area is 142 Å². The van der Waals surface area contributed by atoms with Crippen LogP contribution in [-0.4, -0.2) is 17.9 Å². The van der Waals surface area contributed by atoms with E-state index in [2.05, 4.69) is 10.6 Å². The van der Waals surface area contributed by atoms with Crippen molar-refractivity contribution in [3.8, 4) is 5.75 Å². The van der Waals surface area contributed by atoms with Gasteiger partial charge in [0.25, 0.3) is 11.8 Å². The number of ether oxygens (including phenoxy) is 1. The number of carbonyl (C=O) groups is 2. The van der Waals surface area contributed by atoms with Crippen molar-refractivity contribution in [1.82, 2.24) is 5.32 Å². The molecule has 24 heavy (non-hydrogen) atoms. The molecule has 0 radical (unpaired) electrons. The first-order chi connectivity index (χ1) is 11.5. The summed E-state index contributed by atoms with van der Waals surface area (Å²) in [5.41, 5.74) is 1.07. The maximum absolute atomic E-state index is 13.7. The normalized spacial score (nSPS) is 16.0. The molecule has 0 spiro atoms. The minimum absolute atomic E-state index is 0.0487. The molecule has 1 atom stereocenters. The third-order valence-electron chi connectivity index (χ3n) is 3.62. The molecule has 2 aromatic rings. The van der Waals surface area contributed by atoms with Gasteiger partial charge >= 0.3 is 0 Å². The summed E-state index contributed by atoms with van der Waals surface area (Å²) in [6, 6.07) is 9.22. The molecule has 1 aliphatic heterocycles. The summed E-state index contributed by atoms with van der Waals surface area (Å²) in [4.78, 5) is 23.7. The number of fused-ring (bicyclic) bond motifs is 1. The average molecular weight is 349 g/mol. The fourth-order valence-electron chi connectivity index (χ4n) is 2.35. The predicted octanol–water partition coefficient (Wildman–Crippen LogP) is 3.13. The van der Waals surface area contributed by atoms with Crippen LogP contribution in [0.2, 0.25) is 5.02 Å². The van der Waals surface area contributed by atoms with Crippen molar-refractivity contribution in [2.45, 2.75) is 19.6 Å². The second-order valence-corrected chi connectivity index (χ2v) is 5.77. The Kier molecular flexibility index (Phi) is 4.40. The van der Waals surface area contributed by atoms with E-state index in [1.165, 1.54) is 18.2 Å². The highest BCUT2D eigenvalue weighted by Crippen LogP contribution is 2.30. The van der Waals surface area contributed by atoms with E-state index in [4.69, 9.17) is 16.3 Å². The Morgan fingerprint density at radius 3 is 2.92 bits per heavy atom. The molecular weight excluding hydrogens is 335 g/mol. The van der Waals surface area contributed by atoms with Gasteiger partial charge in [-0.15, -0.1) is 0 Å². The lowest BCUT2D eigenvalue weighted by atomic mass is 10.1. The molecule has 1 heterocycles. The molecule has 0 bridgehead atoms. The fraction of sp³-hybridized carbons (Fsp3) is 0.176. The minimum atomic E-state index is -0.680. The van der Waals surface area contributed by atoms with Crippen LogP contribution >= 0.6 is 11.6 Å². The lowest BCUT2D eigenvalue weighted by Crippen LogP contribution is -2.34. The lowest BCUT2D eigenvalue weighted by Gasteiger charge is -2.23. The van der Waals surface area contributed by atoms with Crippen LogP contribution in [0.15, 0.2) is 36.4 Å². The molecule has 3 rings (SSSR count). The summed E-state index contributed by atoms with van der Waals surface area (Å²) < 4.78 is 19.2. The highest BCUT2D eigenvalue weighted by Gasteiger charge is 2.23. The maximum Gasteiger partial charge on any atom is 0.265 e. The van der Waals surface area contributed by atoms with Gasteiger partial charge in [0.2, 0.25) is 0 Å². The number of halogens is 2. The van der Waals surface area contributed by atoms with Gasteiger partial charge in [0.15, 0.2) is 6.10 Å². The molecule has 0 fully saturated rings. The van der Waals surface area contributed by atoms with Gasteiger partial charge in [0.05, 0.1) is 16.3 Å². The number of rotatable bonds is 3. The Morgan fingerprint density at radius 2 is 2.17 bits per heavy atom. The second kappa shape index (κ2) is 6.49. The zero-order valence-electron chi connectivity index (χ0n) is 12.7. The zero-order chi connectivity index (χ0) is 17.3. The van der Waals surface area contributed by atoms with Gasteiger partial charge in [-0.1, -0.05) is 23.7 Å². The van der Waals surface area contributed by atoms with Gasteiger partial charge in [-0.05, 0) is 36.8 Å². The van der Waals surface area contributed by atoms with Crippen LogP contribution in [0.5, 0.6) is 5.75 Å². The summed E-state index contributed by atoms with van der Waals surface area (Å²) in [7, 11) is 0. The maximum atomic E-state index is 13.7. The summed E-state index contributed by atoms with van der Waals surface area (Å²) in [6.45, 7) is 1.81. The van der Waals surface area contributed by atoms with E-state index in [9.17, 15) is 14.0 Å². The average Bonchev–Trinajstić information content (AvgIpc) is 2.54. The quantitative estimate of drug-likeness (QED) is 0.895. The largest absolute Gasteiger partial charge is 0.479 e. The van der Waals surface area contributed by atoms with E-state index >= 15 is 0 Å². The molecule has 1 aliphatic rings. The molecule has 0 aromatic heterocycles. The molecule has 7 heteroatoms. The zero-order valence-corrected chi connectivity index (χ0v) is 13.5. The standard InChI is InChI=1S/C17H14ClFN2O3/c1-9-16(22)21-13-7-10(5-6-14(13)24-9)8-20-17(23)15-11(18)3-2-4-12(15)19/h2-7,9H,8H2,1H3,(H,20,23)(H,21,22). The lowest BCUT2D eigenvalue weighted by molar-refractivity contribution is -0.122. The Balaban J connectivity index is 1.73. The third kappa shape index (κ3) is 3.19. The van der Waals surface area contributed by atoms with Crippen molar-refractivity contribution in [2.75, 3.05) is 5.32 Å². The van der Waals surface area contributed by atoms with E-state index in [0.29, 0.717) is 11.4 Å². The van der Waals surface area contributed by atoms with Gasteiger partial charge in [-0.3, -0.25) is 9.59 Å². The summed E-state index contributed by atoms with van der Waals surface area (Å²) in [5.74, 6) is -0.957. The molecule has 1 unspecified atom stereocenters. The van der Waals surface area contributed by atoms with Crippen LogP contribution in [0.25, 0.3) is 0 Å². The van der Waals surface area contributed by atoms with Crippen molar-refractivity contribution >= 4 is 29.1 Å². The first-order valence-electron chi connectivity index (χ1n) is 7.28. The number of carbonyl (C=O) groups excluding carboxylic acids is 2. The van der Waals surface area contributed by atoms with E-state index in [0.717, 1.165) is 5.56 Å². The van der Waals surface area contributed by atoms with Crippen LogP contribution in [0.3, 0.4) is 0 Å². The van der Waals surface area contributed by atoms with Crippen molar-refractivity contribution in [3.05, 3.63) is 58.4 Å². The SMILES string of the molecule is CC1Oc2ccc(CNC(=O)c3c(F)cccc3Cl)cc2NC1=O. The number of hydrogen-bond donors (Lipinski definition) is 2. The molecular formula is C17H14ClFN2O3. The van der Waals surface area contributed by atoms with Crippen LogP contribution in [0.1, 0.15) is 22.8 Å². The summed E-state index contributed by atoms with van der Waals surface area (Å²) in [5, 5.41) is 5.39. The Bertz CT molecular complexity index is 805. The first kappa shape index (κ1) is 16.3. The van der Waals surface area contributed by atoms with Crippen molar-refractivity contribution < 1.29 is 18.7 Å². The molecule has 2 aromatic carbocycles. The van der Waals surface area contributed by atoms with Gasteiger partial charge in [-0.2, -0.15) is 0 Å². The van der Waals surface area contributed by atoms with Gasteiger partial charge in [-0.25, -0.2) is 4.39 Å². The molecule has 2 amide bonds. The molecule has 0 saturated heterocycles. The van der Waals surface area contributed by atoms with Crippen LogP contribution in [0, 0.1) is 5.82 Å². The number of benzene rings is 2. The van der Waals surface area contributed by atoms with Crippen LogP contribution in [-0.2, 0) is 11.3 Å². The highest BCUT2D eigenvalue weighted by atomic mass is 35.5. The minimum Gasteiger partial charge on any atom is -0.479 e. The number of nitrogens with one attached hydrogen (secondary N) is 2. The first-order valence-corrected chi connectivity index (χ1v) is 7.66. The Hall–Kier alpha value is -2.60. The summed E-state index contributed by atoms with van der Waals surface area (Å²) >= 11 is 5.87. The fourth-order valence-corrected chi connectivity index (χ4v) is 2.60. The molecule has 5 nitrogen and oxygen atoms in total. The van der Waals surface area contributed by atoms with E-state index in [-0.39, 0.29) is 23.0 Å². The monoisotopic (exact) mass is 348 g/mol. The predicted molar refractivity (Wildman–Crippen MR) is 87.7 cm³/mol. The Morgan fingerprint density at radius 1 is 1.38 bits per heavy atom. The third-order valence-corrected chi connectivity index (χ3v) is 3.93. The van der Waals surface area contributed by atoms with Gasteiger partial charge < -0.3 is 15.4 Å². The van der Waals surface area contributed by atoms with Crippen molar-refractivity contribution in [3.63, 3.8) is 0 Å². The second-order valence-electron chi connectivity index (χ2n) is 5.36. The van der Waals surface area contributed by atoms with Crippen molar-refractivity contribution in [1.29, 1.82) is 0 Å². The van der Waals surface area contributed by atoms with Gasteiger partial charge in [0, 0.05) is 6.54 Å². The van der Waals surface area contributed by atoms with E-state index in [1.807, 2.05) is 0 Å². The van der Waals surface area contributed by atoms with Crippen molar-refractivity contribution in [2.24, 2.45) is 0 Å². The van der Waals surface area contributed by atoms with Gasteiger partial charge in [0.1, 0.15) is 11.6 Å².